The lowest BCUT2D eigenvalue weighted by Gasteiger charge is -2.22. The number of halogens is 1. The van der Waals surface area contributed by atoms with Gasteiger partial charge in [0.2, 0.25) is 15.9 Å². The summed E-state index contributed by atoms with van der Waals surface area (Å²) < 4.78 is 30.1. The predicted octanol–water partition coefficient (Wildman–Crippen LogP) is 2.41. The molecule has 1 aromatic heterocycles. The molecule has 1 heterocycles. The van der Waals surface area contributed by atoms with E-state index >= 15 is 0 Å². The topological polar surface area (TPSA) is 79.6 Å². The molecule has 1 aromatic carbocycles. The molecule has 0 fully saturated rings. The summed E-state index contributed by atoms with van der Waals surface area (Å²) >= 11 is 5.90. The second kappa shape index (κ2) is 7.52. The van der Waals surface area contributed by atoms with Crippen molar-refractivity contribution in [3.05, 3.63) is 53.4 Å². The van der Waals surface area contributed by atoms with Gasteiger partial charge in [-0.05, 0) is 30.3 Å². The van der Waals surface area contributed by atoms with E-state index in [1.165, 1.54) is 6.26 Å². The molecular weight excluding hydrogens is 340 g/mol. The van der Waals surface area contributed by atoms with Crippen LogP contribution in [0.5, 0.6) is 0 Å². The van der Waals surface area contributed by atoms with Crippen molar-refractivity contribution in [3.63, 3.8) is 0 Å². The molecule has 0 bridgehead atoms. The molecule has 0 spiro atoms. The molecule has 0 aliphatic heterocycles. The van der Waals surface area contributed by atoms with E-state index in [1.54, 1.807) is 36.4 Å². The lowest BCUT2D eigenvalue weighted by atomic mass is 10.3. The summed E-state index contributed by atoms with van der Waals surface area (Å²) in [6.45, 7) is 0.297. The Balaban J connectivity index is 1.97. The Morgan fingerprint density at radius 2 is 2.09 bits per heavy atom. The number of carbonyl (C=O) groups is 1. The highest BCUT2D eigenvalue weighted by atomic mass is 35.5. The summed E-state index contributed by atoms with van der Waals surface area (Å²) in [5.41, 5.74) is 0.429. The zero-order valence-corrected chi connectivity index (χ0v) is 14.1. The van der Waals surface area contributed by atoms with Crippen LogP contribution < -0.4 is 9.62 Å². The van der Waals surface area contributed by atoms with E-state index in [-0.39, 0.29) is 25.4 Å². The van der Waals surface area contributed by atoms with E-state index in [4.69, 9.17) is 16.0 Å². The number of nitrogens with one attached hydrogen (secondary N) is 1. The molecule has 0 aliphatic rings. The molecule has 0 atom stereocenters. The van der Waals surface area contributed by atoms with Gasteiger partial charge in [0.25, 0.3) is 0 Å². The smallest absolute Gasteiger partial charge is 0.232 e. The molecule has 23 heavy (non-hydrogen) atoms. The van der Waals surface area contributed by atoms with Crippen LogP contribution in [-0.2, 0) is 21.4 Å². The summed E-state index contributed by atoms with van der Waals surface area (Å²) in [4.78, 5) is 11.9. The fraction of sp³-hybridized carbons (Fsp3) is 0.267. The Morgan fingerprint density at radius 3 is 2.70 bits per heavy atom. The fourth-order valence-electron chi connectivity index (χ4n) is 2.01. The van der Waals surface area contributed by atoms with Crippen molar-refractivity contribution in [1.29, 1.82) is 0 Å². The monoisotopic (exact) mass is 356 g/mol. The maximum Gasteiger partial charge on any atom is 0.232 e. The van der Waals surface area contributed by atoms with Crippen molar-refractivity contribution in [1.82, 2.24) is 5.32 Å². The minimum absolute atomic E-state index is 0.0281. The van der Waals surface area contributed by atoms with Crippen LogP contribution >= 0.6 is 11.6 Å². The van der Waals surface area contributed by atoms with Gasteiger partial charge < -0.3 is 9.73 Å². The number of nitrogens with zero attached hydrogens (tertiary/aromatic N) is 1. The molecule has 124 valence electrons. The van der Waals surface area contributed by atoms with E-state index in [1.807, 2.05) is 0 Å². The van der Waals surface area contributed by atoms with Gasteiger partial charge in [-0.3, -0.25) is 9.10 Å². The van der Waals surface area contributed by atoms with Crippen molar-refractivity contribution >= 4 is 33.2 Å². The van der Waals surface area contributed by atoms with E-state index in [2.05, 4.69) is 5.32 Å². The lowest BCUT2D eigenvalue weighted by Crippen LogP contribution is -2.34. The number of sulfonamides is 1. The molecule has 1 N–H and O–H groups in total. The zero-order valence-electron chi connectivity index (χ0n) is 12.5. The quantitative estimate of drug-likeness (QED) is 0.826. The van der Waals surface area contributed by atoms with Gasteiger partial charge in [-0.15, -0.1) is 0 Å². The summed E-state index contributed by atoms with van der Waals surface area (Å²) in [6.07, 6.45) is 2.64. The third-order valence-electron chi connectivity index (χ3n) is 3.08. The summed E-state index contributed by atoms with van der Waals surface area (Å²) in [7, 11) is -3.51. The average molecular weight is 357 g/mol. The van der Waals surface area contributed by atoms with Crippen molar-refractivity contribution in [2.24, 2.45) is 0 Å². The Hall–Kier alpha value is -1.99. The Labute approximate surface area is 140 Å². The van der Waals surface area contributed by atoms with Gasteiger partial charge in [0.05, 0.1) is 24.8 Å². The van der Waals surface area contributed by atoms with Crippen LogP contribution in [0.3, 0.4) is 0 Å². The molecule has 6 nitrogen and oxygen atoms in total. The molecule has 2 rings (SSSR count). The van der Waals surface area contributed by atoms with Gasteiger partial charge in [-0.25, -0.2) is 8.42 Å². The first-order valence-electron chi connectivity index (χ1n) is 6.88. The Bertz CT molecular complexity index is 760. The molecule has 0 aliphatic carbocycles. The molecule has 2 aromatic rings. The normalized spacial score (nSPS) is 11.2. The molecule has 0 unspecified atom stereocenters. The zero-order chi connectivity index (χ0) is 16.9. The van der Waals surface area contributed by atoms with Crippen molar-refractivity contribution < 1.29 is 17.6 Å². The van der Waals surface area contributed by atoms with Gasteiger partial charge >= 0.3 is 0 Å². The van der Waals surface area contributed by atoms with Gasteiger partial charge in [0.15, 0.2) is 0 Å². The first kappa shape index (κ1) is 17.4. The van der Waals surface area contributed by atoms with Gasteiger partial charge in [-0.1, -0.05) is 17.7 Å². The second-order valence-electron chi connectivity index (χ2n) is 4.92. The summed E-state index contributed by atoms with van der Waals surface area (Å²) in [5.74, 6) is 0.366. The van der Waals surface area contributed by atoms with Crippen LogP contribution in [-0.4, -0.2) is 27.1 Å². The lowest BCUT2D eigenvalue weighted by molar-refractivity contribution is -0.121. The molecule has 8 heteroatoms. The van der Waals surface area contributed by atoms with Crippen molar-refractivity contribution in [2.45, 2.75) is 13.0 Å². The van der Waals surface area contributed by atoms with Gasteiger partial charge in [0, 0.05) is 18.0 Å². The fourth-order valence-corrected chi connectivity index (χ4v) is 3.11. The Kier molecular flexibility index (Phi) is 5.68. The van der Waals surface area contributed by atoms with E-state index < -0.39 is 10.0 Å². The standard InChI is InChI=1S/C15H17ClN2O4S/c1-23(20,21)18(13-5-2-4-12(16)10-13)8-7-15(19)17-11-14-6-3-9-22-14/h2-6,9-10H,7-8,11H2,1H3,(H,17,19). The highest BCUT2D eigenvalue weighted by Gasteiger charge is 2.18. The third-order valence-corrected chi connectivity index (χ3v) is 4.51. The SMILES string of the molecule is CS(=O)(=O)N(CCC(=O)NCc1ccco1)c1cccc(Cl)c1. The minimum Gasteiger partial charge on any atom is -0.467 e. The van der Waals surface area contributed by atoms with Crippen LogP contribution in [0.2, 0.25) is 5.02 Å². The molecular formula is C15H17ClN2O4S. The number of rotatable bonds is 7. The predicted molar refractivity (Wildman–Crippen MR) is 88.8 cm³/mol. The maximum absolute atomic E-state index is 11.9. The number of hydrogen-bond acceptors (Lipinski definition) is 4. The van der Waals surface area contributed by atoms with Crippen molar-refractivity contribution in [3.8, 4) is 0 Å². The number of furan rings is 1. The van der Waals surface area contributed by atoms with Gasteiger partial charge in [0.1, 0.15) is 5.76 Å². The maximum atomic E-state index is 11.9. The van der Waals surface area contributed by atoms with Crippen LogP contribution in [0.4, 0.5) is 5.69 Å². The molecule has 1 amide bonds. The number of anilines is 1. The van der Waals surface area contributed by atoms with E-state index in [9.17, 15) is 13.2 Å². The van der Waals surface area contributed by atoms with E-state index in [0.717, 1.165) is 10.6 Å². The number of amides is 1. The second-order valence-corrected chi connectivity index (χ2v) is 7.26. The highest BCUT2D eigenvalue weighted by molar-refractivity contribution is 7.92. The van der Waals surface area contributed by atoms with Crippen LogP contribution in [0, 0.1) is 0 Å². The highest BCUT2D eigenvalue weighted by Crippen LogP contribution is 2.21. The first-order chi connectivity index (χ1) is 10.9. The third kappa shape index (κ3) is 5.30. The number of carbonyl (C=O) groups excluding carboxylic acids is 1. The van der Waals surface area contributed by atoms with Crippen LogP contribution in [0.15, 0.2) is 47.1 Å². The average Bonchev–Trinajstić information content (AvgIpc) is 2.97. The molecule has 0 saturated heterocycles. The molecule has 0 saturated carbocycles. The first-order valence-corrected chi connectivity index (χ1v) is 9.11. The van der Waals surface area contributed by atoms with E-state index in [0.29, 0.717) is 16.5 Å². The summed E-state index contributed by atoms with van der Waals surface area (Å²) in [6, 6.07) is 9.96. The largest absolute Gasteiger partial charge is 0.467 e. The summed E-state index contributed by atoms with van der Waals surface area (Å²) in [5, 5.41) is 3.10. The van der Waals surface area contributed by atoms with Gasteiger partial charge in [-0.2, -0.15) is 0 Å². The van der Waals surface area contributed by atoms with Crippen LogP contribution in [0.1, 0.15) is 12.2 Å². The Morgan fingerprint density at radius 1 is 1.30 bits per heavy atom. The number of benzene rings is 1. The number of hydrogen-bond donors (Lipinski definition) is 1. The minimum atomic E-state index is -3.51. The van der Waals surface area contributed by atoms with Crippen molar-refractivity contribution in [2.75, 3.05) is 17.1 Å². The molecule has 0 radical (unpaired) electrons. The van der Waals surface area contributed by atoms with Crippen LogP contribution in [0.25, 0.3) is 0 Å².